The van der Waals surface area contributed by atoms with Crippen LogP contribution in [0.3, 0.4) is 0 Å². The molecule has 0 saturated carbocycles. The summed E-state index contributed by atoms with van der Waals surface area (Å²) in [6.07, 6.45) is 1.23. The summed E-state index contributed by atoms with van der Waals surface area (Å²) >= 11 is 1.41. The van der Waals surface area contributed by atoms with E-state index in [9.17, 15) is 8.42 Å². The second-order valence-electron chi connectivity index (χ2n) is 4.45. The molecule has 5 heteroatoms. The molecule has 0 radical (unpaired) electrons. The Labute approximate surface area is 89.1 Å². The molecule has 1 aromatic heterocycles. The molecule has 0 unspecified atom stereocenters. The fourth-order valence-corrected chi connectivity index (χ4v) is 3.18. The van der Waals surface area contributed by atoms with Crippen molar-refractivity contribution in [1.82, 2.24) is 4.98 Å². The zero-order valence-corrected chi connectivity index (χ0v) is 10.5. The van der Waals surface area contributed by atoms with Crippen molar-refractivity contribution >= 4 is 21.2 Å². The Bertz CT molecular complexity index is 412. The molecule has 0 aliphatic rings. The Morgan fingerprint density at radius 1 is 1.43 bits per heavy atom. The first-order chi connectivity index (χ1) is 6.18. The molecule has 0 N–H and O–H groups in total. The first-order valence-corrected chi connectivity index (χ1v) is 7.25. The number of thiazole rings is 1. The summed E-state index contributed by atoms with van der Waals surface area (Å²) in [4.78, 5) is 4.31. The van der Waals surface area contributed by atoms with Gasteiger partial charge in [0.1, 0.15) is 10.8 Å². The van der Waals surface area contributed by atoms with Crippen LogP contribution in [0.15, 0.2) is 5.38 Å². The SMILES string of the molecule is CC(C)(C)c1csc(CS(C)(=O)=O)n1. The van der Waals surface area contributed by atoms with Crippen LogP contribution in [0.4, 0.5) is 0 Å². The molecule has 0 amide bonds. The molecule has 0 saturated heterocycles. The van der Waals surface area contributed by atoms with Gasteiger partial charge in [0.2, 0.25) is 0 Å². The van der Waals surface area contributed by atoms with Crippen LogP contribution >= 0.6 is 11.3 Å². The average Bonchev–Trinajstić information content (AvgIpc) is 2.29. The zero-order valence-electron chi connectivity index (χ0n) is 8.86. The van der Waals surface area contributed by atoms with Crippen LogP contribution < -0.4 is 0 Å². The molecular weight excluding hydrogens is 218 g/mol. The van der Waals surface area contributed by atoms with E-state index in [-0.39, 0.29) is 11.2 Å². The van der Waals surface area contributed by atoms with E-state index in [1.807, 2.05) is 5.38 Å². The van der Waals surface area contributed by atoms with Crippen molar-refractivity contribution < 1.29 is 8.42 Å². The van der Waals surface area contributed by atoms with Gasteiger partial charge >= 0.3 is 0 Å². The van der Waals surface area contributed by atoms with Gasteiger partial charge in [-0.15, -0.1) is 11.3 Å². The maximum atomic E-state index is 11.0. The van der Waals surface area contributed by atoms with Crippen LogP contribution in [0, 0.1) is 0 Å². The van der Waals surface area contributed by atoms with Gasteiger partial charge in [-0.3, -0.25) is 0 Å². The Kier molecular flexibility index (Phi) is 3.02. The summed E-state index contributed by atoms with van der Waals surface area (Å²) in [6, 6.07) is 0. The van der Waals surface area contributed by atoms with Crippen LogP contribution in [0.2, 0.25) is 0 Å². The fraction of sp³-hybridized carbons (Fsp3) is 0.667. The second-order valence-corrected chi connectivity index (χ2v) is 7.53. The maximum absolute atomic E-state index is 11.0. The van der Waals surface area contributed by atoms with Crippen LogP contribution in [-0.4, -0.2) is 19.7 Å². The van der Waals surface area contributed by atoms with Crippen LogP contribution in [0.5, 0.6) is 0 Å². The van der Waals surface area contributed by atoms with Gasteiger partial charge in [-0.1, -0.05) is 20.8 Å². The summed E-state index contributed by atoms with van der Waals surface area (Å²) in [6.45, 7) is 6.19. The lowest BCUT2D eigenvalue weighted by Crippen LogP contribution is -2.12. The van der Waals surface area contributed by atoms with Gasteiger partial charge in [0.25, 0.3) is 0 Å². The van der Waals surface area contributed by atoms with E-state index in [0.717, 1.165) is 5.69 Å². The van der Waals surface area contributed by atoms with Crippen molar-refractivity contribution in [3.8, 4) is 0 Å². The minimum absolute atomic E-state index is 0.00769. The van der Waals surface area contributed by atoms with Crippen molar-refractivity contribution in [3.05, 3.63) is 16.1 Å². The molecule has 0 atom stereocenters. The van der Waals surface area contributed by atoms with Crippen molar-refractivity contribution in [1.29, 1.82) is 0 Å². The standard InChI is InChI=1S/C9H15NO2S2/c1-9(2,3)7-5-13-8(10-7)6-14(4,11)12/h5H,6H2,1-4H3. The minimum atomic E-state index is -2.96. The molecule has 3 nitrogen and oxygen atoms in total. The lowest BCUT2D eigenvalue weighted by Gasteiger charge is -2.14. The number of rotatable bonds is 2. The van der Waals surface area contributed by atoms with Crippen molar-refractivity contribution in [2.75, 3.05) is 6.26 Å². The lowest BCUT2D eigenvalue weighted by molar-refractivity contribution is 0.570. The van der Waals surface area contributed by atoms with Crippen molar-refractivity contribution in [3.63, 3.8) is 0 Å². The summed E-state index contributed by atoms with van der Waals surface area (Å²) in [5.74, 6) is 0.0494. The fourth-order valence-electron chi connectivity index (χ4n) is 0.946. The van der Waals surface area contributed by atoms with Crippen LogP contribution in [-0.2, 0) is 21.0 Å². The third-order valence-electron chi connectivity index (χ3n) is 1.71. The number of nitrogens with zero attached hydrogens (tertiary/aromatic N) is 1. The van der Waals surface area contributed by atoms with E-state index in [0.29, 0.717) is 5.01 Å². The van der Waals surface area contributed by atoms with Gasteiger partial charge in [-0.25, -0.2) is 13.4 Å². The van der Waals surface area contributed by atoms with Gasteiger partial charge < -0.3 is 0 Å². The van der Waals surface area contributed by atoms with Crippen LogP contribution in [0.25, 0.3) is 0 Å². The van der Waals surface area contributed by atoms with Gasteiger partial charge in [0.05, 0.1) is 5.69 Å². The lowest BCUT2D eigenvalue weighted by atomic mass is 9.93. The van der Waals surface area contributed by atoms with E-state index >= 15 is 0 Å². The topological polar surface area (TPSA) is 47.0 Å². The van der Waals surface area contributed by atoms with E-state index in [1.165, 1.54) is 17.6 Å². The third kappa shape index (κ3) is 3.38. The minimum Gasteiger partial charge on any atom is -0.245 e. The Morgan fingerprint density at radius 2 is 2.00 bits per heavy atom. The molecule has 0 spiro atoms. The summed E-state index contributed by atoms with van der Waals surface area (Å²) in [5.41, 5.74) is 0.952. The van der Waals surface area contributed by atoms with Gasteiger partial charge in [0.15, 0.2) is 9.84 Å². The largest absolute Gasteiger partial charge is 0.245 e. The molecule has 0 aromatic carbocycles. The highest BCUT2D eigenvalue weighted by Crippen LogP contribution is 2.24. The molecule has 0 aliphatic carbocycles. The number of hydrogen-bond donors (Lipinski definition) is 0. The molecule has 0 fully saturated rings. The molecule has 80 valence electrons. The predicted molar refractivity (Wildman–Crippen MR) is 59.4 cm³/mol. The highest BCUT2D eigenvalue weighted by molar-refractivity contribution is 7.90. The van der Waals surface area contributed by atoms with E-state index in [1.54, 1.807) is 0 Å². The predicted octanol–water partition coefficient (Wildman–Crippen LogP) is 1.99. The second kappa shape index (κ2) is 3.62. The Hall–Kier alpha value is -0.420. The summed E-state index contributed by atoms with van der Waals surface area (Å²) in [5, 5.41) is 2.61. The molecule has 1 aromatic rings. The normalized spacial score (nSPS) is 13.1. The van der Waals surface area contributed by atoms with Gasteiger partial charge in [-0.05, 0) is 0 Å². The zero-order chi connectivity index (χ0) is 11.0. The molecule has 14 heavy (non-hydrogen) atoms. The number of hydrogen-bond acceptors (Lipinski definition) is 4. The average molecular weight is 233 g/mol. The van der Waals surface area contributed by atoms with E-state index in [4.69, 9.17) is 0 Å². The molecule has 0 aliphatic heterocycles. The van der Waals surface area contributed by atoms with Crippen molar-refractivity contribution in [2.45, 2.75) is 31.9 Å². The molecule has 1 heterocycles. The first kappa shape index (κ1) is 11.7. The smallest absolute Gasteiger partial charge is 0.153 e. The molecular formula is C9H15NO2S2. The third-order valence-corrected chi connectivity index (χ3v) is 3.54. The van der Waals surface area contributed by atoms with Gasteiger partial charge in [-0.2, -0.15) is 0 Å². The van der Waals surface area contributed by atoms with Gasteiger partial charge in [0, 0.05) is 17.1 Å². The first-order valence-electron chi connectivity index (χ1n) is 4.31. The quantitative estimate of drug-likeness (QED) is 0.784. The highest BCUT2D eigenvalue weighted by atomic mass is 32.2. The number of sulfone groups is 1. The van der Waals surface area contributed by atoms with E-state index in [2.05, 4.69) is 25.8 Å². The summed E-state index contributed by atoms with van der Waals surface area (Å²) < 4.78 is 22.1. The van der Waals surface area contributed by atoms with E-state index < -0.39 is 9.84 Å². The Balaban J connectivity index is 2.90. The van der Waals surface area contributed by atoms with Crippen molar-refractivity contribution in [2.24, 2.45) is 0 Å². The highest BCUT2D eigenvalue weighted by Gasteiger charge is 2.18. The monoisotopic (exact) mass is 233 g/mol. The van der Waals surface area contributed by atoms with Crippen LogP contribution in [0.1, 0.15) is 31.5 Å². The summed E-state index contributed by atoms with van der Waals surface area (Å²) in [7, 11) is -2.96. The molecule has 1 rings (SSSR count). The molecule has 0 bridgehead atoms. The maximum Gasteiger partial charge on any atom is 0.153 e. The Morgan fingerprint density at radius 3 is 2.36 bits per heavy atom. The number of aromatic nitrogens is 1.